The Hall–Kier alpha value is -4.37. The molecule has 0 saturated heterocycles. The number of carbonyl (C=O) groups excluding carboxylic acids is 1. The second kappa shape index (κ2) is 11.4. The van der Waals surface area contributed by atoms with Crippen LogP contribution in [0.4, 0.5) is 9.18 Å². The average Bonchev–Trinajstić information content (AvgIpc) is 3.62. The van der Waals surface area contributed by atoms with Crippen LogP contribution in [0.2, 0.25) is 5.02 Å². The number of hydrogen-bond acceptors (Lipinski definition) is 5. The lowest BCUT2D eigenvalue weighted by molar-refractivity contribution is 0.135. The molecule has 5 aromatic rings. The Morgan fingerprint density at radius 3 is 2.62 bits per heavy atom. The van der Waals surface area contributed by atoms with Crippen molar-refractivity contribution in [2.75, 3.05) is 13.2 Å². The number of hydrogen-bond donors (Lipinski definition) is 1. The van der Waals surface area contributed by atoms with Gasteiger partial charge in [-0.1, -0.05) is 23.7 Å². The Labute approximate surface area is 235 Å². The van der Waals surface area contributed by atoms with Crippen molar-refractivity contribution in [3.8, 4) is 11.5 Å². The van der Waals surface area contributed by atoms with Gasteiger partial charge in [0.15, 0.2) is 0 Å². The fourth-order valence-electron chi connectivity index (χ4n) is 5.13. The highest BCUT2D eigenvalue weighted by atomic mass is 35.5. The molecular weight excluding hydrogens is 533 g/mol. The fraction of sp³-hybridized carbons (Fsp3) is 0.233. The molecule has 1 unspecified atom stereocenters. The minimum absolute atomic E-state index is 0.284. The molecule has 2 aromatic heterocycles. The van der Waals surface area contributed by atoms with Crippen LogP contribution in [0.3, 0.4) is 0 Å². The zero-order valence-corrected chi connectivity index (χ0v) is 22.4. The highest BCUT2D eigenvalue weighted by molar-refractivity contribution is 6.31. The van der Waals surface area contributed by atoms with Crippen molar-refractivity contribution in [1.82, 2.24) is 24.6 Å². The number of H-pyrrole nitrogens is 1. The molecule has 0 bridgehead atoms. The number of fused-ring (bicyclic) bond motifs is 3. The van der Waals surface area contributed by atoms with Crippen molar-refractivity contribution in [3.63, 3.8) is 0 Å². The molecule has 0 radical (unpaired) electrons. The molecule has 0 fully saturated rings. The van der Waals surface area contributed by atoms with E-state index in [2.05, 4.69) is 15.1 Å². The van der Waals surface area contributed by atoms with Gasteiger partial charge in [0.25, 0.3) is 0 Å². The Kier molecular flexibility index (Phi) is 7.37. The van der Waals surface area contributed by atoms with Gasteiger partial charge in [-0.2, -0.15) is 5.10 Å². The highest BCUT2D eigenvalue weighted by Gasteiger charge is 2.35. The van der Waals surface area contributed by atoms with Crippen molar-refractivity contribution >= 4 is 28.6 Å². The van der Waals surface area contributed by atoms with Gasteiger partial charge in [-0.25, -0.2) is 14.2 Å². The molecule has 0 saturated carbocycles. The Balaban J connectivity index is 1.22. The number of ether oxygens (including phenoxy) is 2. The third-order valence-electron chi connectivity index (χ3n) is 7.06. The van der Waals surface area contributed by atoms with E-state index in [0.29, 0.717) is 24.6 Å². The molecule has 0 aliphatic carbocycles. The zero-order valence-electron chi connectivity index (χ0n) is 21.6. The van der Waals surface area contributed by atoms with E-state index in [9.17, 15) is 9.18 Å². The van der Waals surface area contributed by atoms with Gasteiger partial charge >= 0.3 is 6.09 Å². The summed E-state index contributed by atoms with van der Waals surface area (Å²) in [7, 11) is 0. The van der Waals surface area contributed by atoms with Crippen molar-refractivity contribution < 1.29 is 18.7 Å². The monoisotopic (exact) mass is 559 g/mol. The lowest BCUT2D eigenvalue weighted by Crippen LogP contribution is -2.42. The Morgan fingerprint density at radius 1 is 1.05 bits per heavy atom. The van der Waals surface area contributed by atoms with Gasteiger partial charge in [0.2, 0.25) is 0 Å². The minimum atomic E-state index is -0.508. The second-order valence-electron chi connectivity index (χ2n) is 9.66. The molecule has 1 aliphatic heterocycles. The first-order chi connectivity index (χ1) is 19.5. The van der Waals surface area contributed by atoms with E-state index < -0.39 is 18.0 Å². The number of amides is 1. The van der Waals surface area contributed by atoms with E-state index in [-0.39, 0.29) is 5.75 Å². The standard InChI is InChI=1S/C30H27ClFN5O3/c31-21-5-12-27-26(17-21)25-13-15-37(30(38)40-24-10-6-22(32)7-11-24)29(28(25)35-27)20-3-8-23(9-4-20)39-16-2-1-14-36-19-33-18-34-36/h3-12,17-19,29,35H,1-2,13-16H2. The maximum absolute atomic E-state index is 13.4. The maximum Gasteiger partial charge on any atom is 0.416 e. The largest absolute Gasteiger partial charge is 0.494 e. The summed E-state index contributed by atoms with van der Waals surface area (Å²) in [6, 6.07) is 18.5. The predicted molar refractivity (Wildman–Crippen MR) is 149 cm³/mol. The summed E-state index contributed by atoms with van der Waals surface area (Å²) in [5.74, 6) is 0.644. The van der Waals surface area contributed by atoms with E-state index in [4.69, 9.17) is 21.1 Å². The molecule has 3 aromatic carbocycles. The number of benzene rings is 3. The zero-order chi connectivity index (χ0) is 27.5. The molecule has 6 rings (SSSR count). The summed E-state index contributed by atoms with van der Waals surface area (Å²) < 4.78 is 26.8. The van der Waals surface area contributed by atoms with Crippen LogP contribution in [-0.4, -0.2) is 43.9 Å². The van der Waals surface area contributed by atoms with Gasteiger partial charge in [-0.15, -0.1) is 0 Å². The maximum atomic E-state index is 13.4. The third kappa shape index (κ3) is 5.51. The van der Waals surface area contributed by atoms with Gasteiger partial charge in [0.1, 0.15) is 36.0 Å². The normalized spacial score (nSPS) is 14.8. The van der Waals surface area contributed by atoms with Crippen LogP contribution >= 0.6 is 11.6 Å². The molecule has 40 heavy (non-hydrogen) atoms. The quantitative estimate of drug-likeness (QED) is 0.218. The minimum Gasteiger partial charge on any atom is -0.494 e. The number of halogens is 2. The predicted octanol–water partition coefficient (Wildman–Crippen LogP) is 6.56. The van der Waals surface area contributed by atoms with Gasteiger partial charge in [-0.05, 0) is 85.0 Å². The number of aryl methyl sites for hydroxylation is 1. The van der Waals surface area contributed by atoms with Gasteiger partial charge in [0, 0.05) is 34.7 Å². The van der Waals surface area contributed by atoms with Gasteiger partial charge in [0.05, 0.1) is 6.61 Å². The molecule has 8 nitrogen and oxygen atoms in total. The number of nitrogens with one attached hydrogen (secondary N) is 1. The molecule has 10 heteroatoms. The molecule has 3 heterocycles. The molecule has 204 valence electrons. The number of aromatic amines is 1. The summed E-state index contributed by atoms with van der Waals surface area (Å²) in [6.07, 6.45) is 5.18. The third-order valence-corrected chi connectivity index (χ3v) is 7.29. The van der Waals surface area contributed by atoms with E-state index >= 15 is 0 Å². The van der Waals surface area contributed by atoms with E-state index in [1.165, 1.54) is 30.6 Å². The Bertz CT molecular complexity index is 1600. The average molecular weight is 560 g/mol. The number of nitrogens with zero attached hydrogens (tertiary/aromatic N) is 4. The number of carbonyl (C=O) groups is 1. The highest BCUT2D eigenvalue weighted by Crippen LogP contribution is 2.40. The van der Waals surface area contributed by atoms with Crippen LogP contribution in [0.1, 0.15) is 35.7 Å². The van der Waals surface area contributed by atoms with E-state index in [0.717, 1.165) is 52.9 Å². The van der Waals surface area contributed by atoms with Crippen LogP contribution in [0.5, 0.6) is 11.5 Å². The fourth-order valence-corrected chi connectivity index (χ4v) is 5.30. The first-order valence-electron chi connectivity index (χ1n) is 13.1. The summed E-state index contributed by atoms with van der Waals surface area (Å²) in [6.45, 7) is 1.83. The van der Waals surface area contributed by atoms with Gasteiger partial charge < -0.3 is 14.5 Å². The number of unbranched alkanes of at least 4 members (excludes halogenated alkanes) is 1. The van der Waals surface area contributed by atoms with Gasteiger partial charge in [-0.3, -0.25) is 9.58 Å². The lowest BCUT2D eigenvalue weighted by atomic mass is 9.92. The Morgan fingerprint density at radius 2 is 1.85 bits per heavy atom. The van der Waals surface area contributed by atoms with Crippen LogP contribution in [-0.2, 0) is 13.0 Å². The van der Waals surface area contributed by atoms with Crippen LogP contribution in [0, 0.1) is 5.82 Å². The molecule has 1 amide bonds. The molecule has 1 atom stereocenters. The van der Waals surface area contributed by atoms with Crippen molar-refractivity contribution in [2.45, 2.75) is 31.8 Å². The van der Waals surface area contributed by atoms with Crippen LogP contribution < -0.4 is 9.47 Å². The molecule has 1 N–H and O–H groups in total. The van der Waals surface area contributed by atoms with Crippen molar-refractivity contribution in [1.29, 1.82) is 0 Å². The second-order valence-corrected chi connectivity index (χ2v) is 10.1. The smallest absolute Gasteiger partial charge is 0.416 e. The van der Waals surface area contributed by atoms with Crippen molar-refractivity contribution in [3.05, 3.63) is 107 Å². The van der Waals surface area contributed by atoms with E-state index in [1.807, 2.05) is 42.5 Å². The molecule has 0 spiro atoms. The first-order valence-corrected chi connectivity index (χ1v) is 13.5. The summed E-state index contributed by atoms with van der Waals surface area (Å²) in [5, 5.41) is 5.81. The number of aromatic nitrogens is 4. The van der Waals surface area contributed by atoms with Crippen LogP contribution in [0.15, 0.2) is 79.4 Å². The summed E-state index contributed by atoms with van der Waals surface area (Å²) in [5.41, 5.74) is 3.91. The first kappa shape index (κ1) is 25.9. The SMILES string of the molecule is O=C(Oc1ccc(F)cc1)N1CCc2c([nH]c3ccc(Cl)cc23)C1c1ccc(OCCCCn2cncn2)cc1. The summed E-state index contributed by atoms with van der Waals surface area (Å²) >= 11 is 6.31. The van der Waals surface area contributed by atoms with Crippen LogP contribution in [0.25, 0.3) is 10.9 Å². The molecule has 1 aliphatic rings. The topological polar surface area (TPSA) is 85.3 Å². The summed E-state index contributed by atoms with van der Waals surface area (Å²) in [4.78, 5) is 22.6. The van der Waals surface area contributed by atoms with Crippen molar-refractivity contribution in [2.24, 2.45) is 0 Å². The molecular formula is C30H27ClFN5O3. The lowest BCUT2D eigenvalue weighted by Gasteiger charge is -2.35. The van der Waals surface area contributed by atoms with E-state index in [1.54, 1.807) is 15.9 Å². The number of rotatable bonds is 8.